The number of nitrogens with one attached hydrogen (secondary N) is 1. The van der Waals surface area contributed by atoms with E-state index in [-0.39, 0.29) is 34.5 Å². The second kappa shape index (κ2) is 8.62. The van der Waals surface area contributed by atoms with Crippen LogP contribution in [0.25, 0.3) is 0 Å². The zero-order chi connectivity index (χ0) is 24.7. The van der Waals surface area contributed by atoms with Crippen LogP contribution in [-0.2, 0) is 12.5 Å². The van der Waals surface area contributed by atoms with Crippen molar-refractivity contribution in [2.24, 2.45) is 5.92 Å². The Morgan fingerprint density at radius 3 is 2.60 bits per heavy atom. The minimum absolute atomic E-state index is 0.0411. The topological polar surface area (TPSA) is 91.0 Å². The van der Waals surface area contributed by atoms with Crippen molar-refractivity contribution in [2.45, 2.75) is 44.7 Å². The first-order chi connectivity index (χ1) is 16.8. The van der Waals surface area contributed by atoms with E-state index in [0.29, 0.717) is 30.6 Å². The molecule has 1 aliphatic heterocycles. The molecular weight excluding hydrogens is 452 g/mol. The van der Waals surface area contributed by atoms with Gasteiger partial charge in [0, 0.05) is 22.7 Å². The molecule has 7 nitrogen and oxygen atoms in total. The summed E-state index contributed by atoms with van der Waals surface area (Å²) in [6.07, 6.45) is 3.29. The van der Waals surface area contributed by atoms with Gasteiger partial charge >= 0.3 is 0 Å². The summed E-state index contributed by atoms with van der Waals surface area (Å²) in [4.78, 5) is 27.8. The van der Waals surface area contributed by atoms with Crippen LogP contribution in [0.1, 0.15) is 58.2 Å². The quantitative estimate of drug-likeness (QED) is 0.565. The van der Waals surface area contributed by atoms with Gasteiger partial charge in [-0.05, 0) is 50.1 Å². The molecule has 1 saturated carbocycles. The normalized spacial score (nSPS) is 17.9. The second-order valence-electron chi connectivity index (χ2n) is 9.06. The van der Waals surface area contributed by atoms with Gasteiger partial charge in [-0.15, -0.1) is 0 Å². The number of nitriles is 1. The Morgan fingerprint density at radius 2 is 1.94 bits per heavy atom. The number of alkyl halides is 2. The largest absolute Gasteiger partial charge is 0.319 e. The molecule has 0 radical (unpaired) electrons. The van der Waals surface area contributed by atoms with E-state index in [2.05, 4.69) is 10.4 Å². The highest BCUT2D eigenvalue weighted by molar-refractivity contribution is 6.13. The fourth-order valence-electron chi connectivity index (χ4n) is 4.63. The average Bonchev–Trinajstić information content (AvgIpc) is 3.20. The number of nitrogens with zero attached hydrogens (tertiary/aromatic N) is 4. The third-order valence-electron chi connectivity index (χ3n) is 6.79. The van der Waals surface area contributed by atoms with Gasteiger partial charge in [-0.25, -0.2) is 8.78 Å². The van der Waals surface area contributed by atoms with Crippen LogP contribution >= 0.6 is 0 Å². The Labute approximate surface area is 201 Å². The lowest BCUT2D eigenvalue weighted by Crippen LogP contribution is -2.47. The summed E-state index contributed by atoms with van der Waals surface area (Å²) in [5, 5.41) is 16.0. The highest BCUT2D eigenvalue weighted by atomic mass is 19.3. The first-order valence-corrected chi connectivity index (χ1v) is 11.5. The predicted octanol–water partition coefficient (Wildman–Crippen LogP) is 4.95. The van der Waals surface area contributed by atoms with Gasteiger partial charge in [0.1, 0.15) is 5.69 Å². The number of amides is 2. The first-order valence-electron chi connectivity index (χ1n) is 11.5. The van der Waals surface area contributed by atoms with Gasteiger partial charge in [-0.1, -0.05) is 24.6 Å². The summed E-state index contributed by atoms with van der Waals surface area (Å²) in [5.41, 5.74) is 1.53. The van der Waals surface area contributed by atoms with E-state index < -0.39 is 17.7 Å². The number of hydrogen-bond donors (Lipinski definition) is 1. The molecule has 0 saturated heterocycles. The fourth-order valence-corrected chi connectivity index (χ4v) is 4.63. The molecule has 2 heterocycles. The molecule has 1 N–H and O–H groups in total. The lowest BCUT2D eigenvalue weighted by atomic mass is 9.78. The van der Waals surface area contributed by atoms with Crippen molar-refractivity contribution in [2.75, 3.05) is 10.2 Å². The minimum atomic E-state index is -2.88. The fraction of sp³-hybridized carbons (Fsp3) is 0.308. The number of rotatable bonds is 5. The lowest BCUT2D eigenvalue weighted by Gasteiger charge is -2.35. The van der Waals surface area contributed by atoms with E-state index in [1.54, 1.807) is 30.3 Å². The van der Waals surface area contributed by atoms with Crippen LogP contribution in [0.15, 0.2) is 54.7 Å². The summed E-state index contributed by atoms with van der Waals surface area (Å²) < 4.78 is 30.9. The second-order valence-corrected chi connectivity index (χ2v) is 9.06. The first kappa shape index (κ1) is 22.7. The van der Waals surface area contributed by atoms with Crippen LogP contribution in [-0.4, -0.2) is 27.6 Å². The molecule has 2 aliphatic rings. The Hall–Kier alpha value is -4.06. The van der Waals surface area contributed by atoms with Crippen LogP contribution < -0.4 is 10.2 Å². The van der Waals surface area contributed by atoms with Crippen LogP contribution in [0.4, 0.5) is 20.2 Å². The summed E-state index contributed by atoms with van der Waals surface area (Å²) in [5.74, 6) is -4.37. The number of carbonyl (C=O) groups is 2. The Morgan fingerprint density at radius 1 is 1.20 bits per heavy atom. The molecule has 1 aromatic heterocycles. The summed E-state index contributed by atoms with van der Waals surface area (Å²) >= 11 is 0. The van der Waals surface area contributed by atoms with Gasteiger partial charge in [-0.3, -0.25) is 14.3 Å². The molecule has 178 valence electrons. The summed E-state index contributed by atoms with van der Waals surface area (Å²) in [7, 11) is 0. The van der Waals surface area contributed by atoms with Crippen molar-refractivity contribution >= 4 is 23.2 Å². The van der Waals surface area contributed by atoms with E-state index in [1.807, 2.05) is 13.0 Å². The predicted molar refractivity (Wildman–Crippen MR) is 125 cm³/mol. The molecule has 2 amide bonds. The maximum Gasteiger partial charge on any atom is 0.279 e. The molecule has 3 aromatic rings. The van der Waals surface area contributed by atoms with Crippen LogP contribution in [0.2, 0.25) is 0 Å². The van der Waals surface area contributed by atoms with Gasteiger partial charge < -0.3 is 10.2 Å². The van der Waals surface area contributed by atoms with Crippen molar-refractivity contribution in [3.05, 3.63) is 77.1 Å². The monoisotopic (exact) mass is 475 g/mol. The van der Waals surface area contributed by atoms with Crippen molar-refractivity contribution in [3.63, 3.8) is 0 Å². The summed E-state index contributed by atoms with van der Waals surface area (Å²) in [6, 6.07) is 13.8. The Bertz CT molecular complexity index is 1340. The van der Waals surface area contributed by atoms with Crippen molar-refractivity contribution in [1.29, 1.82) is 5.26 Å². The SMILES string of the molecule is C[C@H]1Cn2ncc(NC(=O)c3cccc(C#N)c3)c2C(=O)N1c1ccc(C(F)(F)C2CCC2)cc1. The highest BCUT2D eigenvalue weighted by Gasteiger charge is 2.44. The molecule has 0 unspecified atom stereocenters. The van der Waals surface area contributed by atoms with E-state index in [4.69, 9.17) is 5.26 Å². The smallest absolute Gasteiger partial charge is 0.279 e. The van der Waals surface area contributed by atoms with Crippen LogP contribution in [0.5, 0.6) is 0 Å². The number of hydrogen-bond acceptors (Lipinski definition) is 4. The average molecular weight is 475 g/mol. The van der Waals surface area contributed by atoms with Gasteiger partial charge in [0.15, 0.2) is 0 Å². The third kappa shape index (κ3) is 3.95. The van der Waals surface area contributed by atoms with Crippen molar-refractivity contribution in [1.82, 2.24) is 9.78 Å². The third-order valence-corrected chi connectivity index (χ3v) is 6.79. The Kier molecular flexibility index (Phi) is 5.59. The zero-order valence-electron chi connectivity index (χ0n) is 19.0. The maximum atomic E-state index is 14.7. The van der Waals surface area contributed by atoms with Crippen molar-refractivity contribution in [3.8, 4) is 6.07 Å². The molecule has 1 atom stereocenters. The standard InChI is InChI=1S/C26H23F2N5O2/c1-16-15-32-23(22(14-30-32)31-24(34)18-5-2-4-17(12-18)13-29)25(35)33(16)21-10-8-20(9-11-21)26(27,28)19-6-3-7-19/h2,4-5,8-12,14,16,19H,3,6-7,15H2,1H3,(H,31,34)/t16-/m0/s1. The number of halogens is 2. The highest BCUT2D eigenvalue weighted by Crippen LogP contribution is 2.46. The lowest BCUT2D eigenvalue weighted by molar-refractivity contribution is -0.0942. The molecule has 1 aliphatic carbocycles. The van der Waals surface area contributed by atoms with E-state index >= 15 is 0 Å². The number of anilines is 2. The van der Waals surface area contributed by atoms with Gasteiger partial charge in [0.05, 0.1) is 36.1 Å². The van der Waals surface area contributed by atoms with E-state index in [9.17, 15) is 18.4 Å². The van der Waals surface area contributed by atoms with Gasteiger partial charge in [0.25, 0.3) is 17.7 Å². The summed E-state index contributed by atoms with van der Waals surface area (Å²) in [6.45, 7) is 2.23. The molecular formula is C26H23F2N5O2. The number of fused-ring (bicyclic) bond motifs is 1. The molecule has 0 bridgehead atoms. The molecule has 1 fully saturated rings. The minimum Gasteiger partial charge on any atom is -0.319 e. The number of carbonyl (C=O) groups excluding carboxylic acids is 2. The Balaban J connectivity index is 1.40. The molecule has 2 aromatic carbocycles. The van der Waals surface area contributed by atoms with E-state index in [0.717, 1.165) is 6.42 Å². The molecule has 9 heteroatoms. The van der Waals surface area contributed by atoms with Crippen molar-refractivity contribution < 1.29 is 18.4 Å². The van der Waals surface area contributed by atoms with Crippen LogP contribution in [0.3, 0.4) is 0 Å². The molecule has 0 spiro atoms. The van der Waals surface area contributed by atoms with E-state index in [1.165, 1.54) is 34.0 Å². The zero-order valence-corrected chi connectivity index (χ0v) is 19.0. The van der Waals surface area contributed by atoms with Gasteiger partial charge in [0.2, 0.25) is 0 Å². The number of benzene rings is 2. The number of aromatic nitrogens is 2. The van der Waals surface area contributed by atoms with Gasteiger partial charge in [-0.2, -0.15) is 10.4 Å². The van der Waals surface area contributed by atoms with Crippen LogP contribution in [0, 0.1) is 17.2 Å². The molecule has 5 rings (SSSR count). The maximum absolute atomic E-state index is 14.7. The molecule has 35 heavy (non-hydrogen) atoms.